The highest BCUT2D eigenvalue weighted by atomic mass is 32.1. The highest BCUT2D eigenvalue weighted by molar-refractivity contribution is 7.13. The number of halogens is 1. The van der Waals surface area contributed by atoms with Crippen molar-refractivity contribution in [1.29, 1.82) is 0 Å². The molecule has 0 bridgehead atoms. The van der Waals surface area contributed by atoms with E-state index in [0.29, 0.717) is 17.7 Å². The van der Waals surface area contributed by atoms with Gasteiger partial charge < -0.3 is 30.9 Å². The van der Waals surface area contributed by atoms with Crippen molar-refractivity contribution in [3.05, 3.63) is 35.0 Å². The van der Waals surface area contributed by atoms with Crippen LogP contribution >= 0.6 is 11.3 Å². The fraction of sp³-hybridized carbons (Fsp3) is 0.571. The van der Waals surface area contributed by atoms with Crippen molar-refractivity contribution in [3.8, 4) is 16.2 Å². The molecular weight excluding hydrogens is 539 g/mol. The van der Waals surface area contributed by atoms with Crippen LogP contribution in [0.1, 0.15) is 57.2 Å². The predicted molar refractivity (Wildman–Crippen MR) is 148 cm³/mol. The number of carboxylic acids is 1. The molecule has 12 heteroatoms. The maximum Gasteiger partial charge on any atom is 0.306 e. The van der Waals surface area contributed by atoms with E-state index in [2.05, 4.69) is 20.9 Å². The first-order valence-corrected chi connectivity index (χ1v) is 14.3. The summed E-state index contributed by atoms with van der Waals surface area (Å²) >= 11 is 1.49. The lowest BCUT2D eigenvalue weighted by Gasteiger charge is -2.30. The van der Waals surface area contributed by atoms with Crippen molar-refractivity contribution >= 4 is 29.1 Å². The lowest BCUT2D eigenvalue weighted by Crippen LogP contribution is -2.46. The fourth-order valence-corrected chi connectivity index (χ4v) is 5.61. The van der Waals surface area contributed by atoms with Crippen molar-refractivity contribution in [2.45, 2.75) is 83.3 Å². The first kappa shape index (κ1) is 29.9. The second-order valence-electron chi connectivity index (χ2n) is 11.4. The van der Waals surface area contributed by atoms with Gasteiger partial charge in [0.2, 0.25) is 5.91 Å². The predicted octanol–water partition coefficient (Wildman–Crippen LogP) is 2.71. The Labute approximate surface area is 236 Å². The maximum atomic E-state index is 13.9. The number of nitrogens with one attached hydrogen (secondary N) is 3. The summed E-state index contributed by atoms with van der Waals surface area (Å²) in [6.45, 7) is 6.17. The molecule has 0 spiro atoms. The number of hydrogen-bond donors (Lipinski definition) is 5. The number of aliphatic hydroxyl groups is 1. The Morgan fingerprint density at radius 1 is 1.27 bits per heavy atom. The minimum absolute atomic E-state index is 0.0119. The molecule has 4 rings (SSSR count). The van der Waals surface area contributed by atoms with Gasteiger partial charge in [0.1, 0.15) is 5.75 Å². The Morgan fingerprint density at radius 2 is 2.02 bits per heavy atom. The number of benzene rings is 1. The van der Waals surface area contributed by atoms with Crippen LogP contribution in [0.3, 0.4) is 0 Å². The number of thiazole rings is 1. The highest BCUT2D eigenvalue weighted by Crippen LogP contribution is 2.40. The van der Waals surface area contributed by atoms with Crippen LogP contribution in [-0.4, -0.2) is 70.0 Å². The number of rotatable bonds is 13. The molecule has 1 aliphatic heterocycles. The molecule has 1 aromatic carbocycles. The van der Waals surface area contributed by atoms with Crippen molar-refractivity contribution in [1.82, 2.24) is 20.9 Å². The SMILES string of the molecule is Cc1ncsc1-c1ccc(CNC(=O)C2C[C@@H](O)C(CC(C)(C)CNC(=O)C3(F)CC3)N2)c(OCCC(=O)O)c1. The van der Waals surface area contributed by atoms with E-state index in [1.807, 2.05) is 39.0 Å². The molecule has 2 amide bonds. The summed E-state index contributed by atoms with van der Waals surface area (Å²) in [6.07, 6.45) is 0.319. The third-order valence-corrected chi connectivity index (χ3v) is 8.35. The molecule has 1 aromatic heterocycles. The summed E-state index contributed by atoms with van der Waals surface area (Å²) in [5.41, 5.74) is 2.06. The lowest BCUT2D eigenvalue weighted by atomic mass is 9.84. The number of carbonyl (C=O) groups is 3. The van der Waals surface area contributed by atoms with Crippen LogP contribution in [0.2, 0.25) is 0 Å². The van der Waals surface area contributed by atoms with Crippen LogP contribution in [-0.2, 0) is 20.9 Å². The number of amides is 2. The summed E-state index contributed by atoms with van der Waals surface area (Å²) < 4.78 is 19.7. The number of carboxylic acid groups (broad SMARTS) is 1. The third-order valence-electron chi connectivity index (χ3n) is 7.37. The summed E-state index contributed by atoms with van der Waals surface area (Å²) in [4.78, 5) is 41.2. The number of nitrogens with zero attached hydrogens (tertiary/aromatic N) is 1. The molecule has 2 heterocycles. The normalized spacial score (nSPS) is 21.6. The van der Waals surface area contributed by atoms with Crippen molar-refractivity contribution < 1.29 is 33.7 Å². The number of hydrogen-bond acceptors (Lipinski definition) is 8. The van der Waals surface area contributed by atoms with Crippen molar-refractivity contribution in [2.75, 3.05) is 13.2 Å². The van der Waals surface area contributed by atoms with Crippen LogP contribution in [0.25, 0.3) is 10.4 Å². The summed E-state index contributed by atoms with van der Waals surface area (Å²) in [5, 5.41) is 28.4. The van der Waals surface area contributed by atoms with E-state index in [1.54, 1.807) is 5.51 Å². The second kappa shape index (κ2) is 12.2. The number of ether oxygens (including phenoxy) is 1. The number of aliphatic carboxylic acids is 1. The van der Waals surface area contributed by atoms with Gasteiger partial charge in [-0.1, -0.05) is 26.0 Å². The van der Waals surface area contributed by atoms with E-state index < -0.39 is 35.1 Å². The summed E-state index contributed by atoms with van der Waals surface area (Å²) in [5.74, 6) is -1.35. The molecule has 2 aromatic rings. The molecule has 40 heavy (non-hydrogen) atoms. The molecule has 3 atom stereocenters. The Balaban J connectivity index is 1.34. The molecule has 5 N–H and O–H groups in total. The Kier molecular flexibility index (Phi) is 9.11. The van der Waals surface area contributed by atoms with E-state index in [4.69, 9.17) is 9.84 Å². The Bertz CT molecular complexity index is 1250. The van der Waals surface area contributed by atoms with Crippen LogP contribution < -0.4 is 20.7 Å². The van der Waals surface area contributed by atoms with Gasteiger partial charge in [-0.15, -0.1) is 11.3 Å². The van der Waals surface area contributed by atoms with E-state index in [0.717, 1.165) is 16.1 Å². The number of aliphatic hydroxyl groups excluding tert-OH is 1. The molecule has 2 fully saturated rings. The Hall–Kier alpha value is -3.09. The fourth-order valence-electron chi connectivity index (χ4n) is 4.81. The zero-order chi connectivity index (χ0) is 29.1. The van der Waals surface area contributed by atoms with Crippen LogP contribution in [0, 0.1) is 12.3 Å². The first-order valence-electron chi connectivity index (χ1n) is 13.4. The summed E-state index contributed by atoms with van der Waals surface area (Å²) in [7, 11) is 0. The van der Waals surface area contributed by atoms with Gasteiger partial charge in [-0.2, -0.15) is 0 Å². The van der Waals surface area contributed by atoms with Crippen LogP contribution in [0.15, 0.2) is 23.7 Å². The number of aromatic nitrogens is 1. The van der Waals surface area contributed by atoms with Gasteiger partial charge in [-0.25, -0.2) is 9.37 Å². The van der Waals surface area contributed by atoms with Gasteiger partial charge in [-0.05, 0) is 49.7 Å². The smallest absolute Gasteiger partial charge is 0.306 e. The van der Waals surface area contributed by atoms with Gasteiger partial charge in [0, 0.05) is 24.7 Å². The van der Waals surface area contributed by atoms with Gasteiger partial charge in [0.15, 0.2) is 5.67 Å². The highest BCUT2D eigenvalue weighted by Gasteiger charge is 2.51. The van der Waals surface area contributed by atoms with Gasteiger partial charge in [0.25, 0.3) is 5.91 Å². The number of alkyl halides is 1. The van der Waals surface area contributed by atoms with E-state index in [9.17, 15) is 23.9 Å². The molecule has 0 radical (unpaired) electrons. The average Bonchev–Trinajstić information content (AvgIpc) is 3.34. The number of aryl methyl sites for hydroxylation is 1. The maximum absolute atomic E-state index is 13.9. The van der Waals surface area contributed by atoms with Gasteiger partial charge in [0.05, 0.1) is 41.3 Å². The monoisotopic (exact) mass is 576 g/mol. The Morgan fingerprint density at radius 3 is 2.67 bits per heavy atom. The average molecular weight is 577 g/mol. The van der Waals surface area contributed by atoms with Crippen molar-refractivity contribution in [3.63, 3.8) is 0 Å². The molecule has 1 aliphatic carbocycles. The summed E-state index contributed by atoms with van der Waals surface area (Å²) in [6, 6.07) is 4.60. The van der Waals surface area contributed by atoms with Crippen LogP contribution in [0.5, 0.6) is 5.75 Å². The quantitative estimate of drug-likeness (QED) is 0.244. The van der Waals surface area contributed by atoms with E-state index in [1.165, 1.54) is 11.3 Å². The van der Waals surface area contributed by atoms with E-state index in [-0.39, 0.29) is 57.3 Å². The molecule has 218 valence electrons. The zero-order valence-electron chi connectivity index (χ0n) is 23.0. The lowest BCUT2D eigenvalue weighted by molar-refractivity contribution is -0.137. The minimum Gasteiger partial charge on any atom is -0.493 e. The molecular formula is C28H37FN4O6S. The number of carbonyl (C=O) groups excluding carboxylic acids is 2. The van der Waals surface area contributed by atoms with Crippen LogP contribution in [0.4, 0.5) is 4.39 Å². The minimum atomic E-state index is -1.73. The standard InChI is InChI=1S/C28H37FN4O6S/c1-16-24(40-15-32-16)17-4-5-18(22(10-17)39-9-6-23(35)36)13-30-25(37)19-11-21(34)20(33-19)12-27(2,3)14-31-26(38)28(29)7-8-28/h4-5,10,15,19-21,33-34H,6-9,11-14H2,1-3H3,(H,30,37)(H,31,38)(H,35,36)/t19?,20?,21-/m1/s1. The molecule has 2 aliphatic rings. The van der Waals surface area contributed by atoms with Crippen molar-refractivity contribution in [2.24, 2.45) is 5.41 Å². The van der Waals surface area contributed by atoms with Gasteiger partial charge in [-0.3, -0.25) is 14.4 Å². The molecule has 2 unspecified atom stereocenters. The topological polar surface area (TPSA) is 150 Å². The largest absolute Gasteiger partial charge is 0.493 e. The van der Waals surface area contributed by atoms with E-state index >= 15 is 0 Å². The second-order valence-corrected chi connectivity index (χ2v) is 12.3. The first-order chi connectivity index (χ1) is 18.9. The molecule has 1 saturated heterocycles. The molecule has 10 nitrogen and oxygen atoms in total. The third kappa shape index (κ3) is 7.55. The zero-order valence-corrected chi connectivity index (χ0v) is 23.8. The molecule has 1 saturated carbocycles. The van der Waals surface area contributed by atoms with Gasteiger partial charge >= 0.3 is 5.97 Å².